The summed E-state index contributed by atoms with van der Waals surface area (Å²) in [5, 5.41) is 0. The zero-order valence-corrected chi connectivity index (χ0v) is 9.91. The van der Waals surface area contributed by atoms with Crippen molar-refractivity contribution >= 4 is 7.12 Å². The van der Waals surface area contributed by atoms with Gasteiger partial charge in [0.05, 0.1) is 13.2 Å². The van der Waals surface area contributed by atoms with Gasteiger partial charge in [-0.15, -0.1) is 0 Å². The lowest BCUT2D eigenvalue weighted by Crippen LogP contribution is -2.09. The number of hydrogen-bond donors (Lipinski definition) is 0. The predicted octanol–water partition coefficient (Wildman–Crippen LogP) is 3.37. The van der Waals surface area contributed by atoms with Gasteiger partial charge in [-0.25, -0.2) is 0 Å². The molecule has 1 heterocycles. The Morgan fingerprint density at radius 3 is 2.40 bits per heavy atom. The first kappa shape index (κ1) is 12.8. The Hall–Kier alpha value is -0.275. The number of hydrogen-bond acceptors (Lipinski definition) is 2. The highest BCUT2D eigenvalue weighted by atomic mass is 16.6. The summed E-state index contributed by atoms with van der Waals surface area (Å²) in [5.41, 5.74) is 0. The van der Waals surface area contributed by atoms with E-state index in [9.17, 15) is 0 Å². The minimum Gasteiger partial charge on any atom is -0.405 e. The van der Waals surface area contributed by atoms with Gasteiger partial charge < -0.3 is 9.31 Å². The second kappa shape index (κ2) is 8.99. The Morgan fingerprint density at radius 1 is 1.00 bits per heavy atom. The SMILES string of the molecule is CCCCCCCC/C=C\B1OCCO1. The van der Waals surface area contributed by atoms with Gasteiger partial charge in [-0.3, -0.25) is 0 Å². The van der Waals surface area contributed by atoms with Crippen molar-refractivity contribution in [3.63, 3.8) is 0 Å². The lowest BCUT2D eigenvalue weighted by molar-refractivity contribution is 0.365. The normalized spacial score (nSPS) is 16.7. The van der Waals surface area contributed by atoms with Crippen molar-refractivity contribution in [3.8, 4) is 0 Å². The molecule has 0 aromatic heterocycles. The fourth-order valence-electron chi connectivity index (χ4n) is 1.74. The number of allylic oxidation sites excluding steroid dienone is 1. The maximum absolute atomic E-state index is 5.30. The van der Waals surface area contributed by atoms with Gasteiger partial charge in [0, 0.05) is 0 Å². The first-order chi connectivity index (χ1) is 7.43. The van der Waals surface area contributed by atoms with Gasteiger partial charge in [0.1, 0.15) is 0 Å². The van der Waals surface area contributed by atoms with Crippen molar-refractivity contribution < 1.29 is 9.31 Å². The van der Waals surface area contributed by atoms with Crippen LogP contribution in [-0.2, 0) is 9.31 Å². The number of unbranched alkanes of at least 4 members (excludes halogenated alkanes) is 6. The second-order valence-corrected chi connectivity index (χ2v) is 4.09. The Morgan fingerprint density at radius 2 is 1.67 bits per heavy atom. The van der Waals surface area contributed by atoms with Crippen LogP contribution in [0.5, 0.6) is 0 Å². The maximum Gasteiger partial charge on any atom is 0.485 e. The average molecular weight is 210 g/mol. The molecule has 3 heteroatoms. The molecule has 0 aromatic carbocycles. The van der Waals surface area contributed by atoms with Crippen molar-refractivity contribution in [2.24, 2.45) is 0 Å². The molecule has 0 bridgehead atoms. The summed E-state index contributed by atoms with van der Waals surface area (Å²) >= 11 is 0. The van der Waals surface area contributed by atoms with Crippen LogP contribution >= 0.6 is 0 Å². The molecule has 0 unspecified atom stereocenters. The summed E-state index contributed by atoms with van der Waals surface area (Å²) in [6, 6.07) is 0. The van der Waals surface area contributed by atoms with Crippen LogP contribution in [0.2, 0.25) is 0 Å². The molecule has 86 valence electrons. The summed E-state index contributed by atoms with van der Waals surface area (Å²) < 4.78 is 10.6. The first-order valence-corrected chi connectivity index (χ1v) is 6.33. The lowest BCUT2D eigenvalue weighted by atomic mass is 9.90. The molecule has 0 amide bonds. The third-order valence-corrected chi connectivity index (χ3v) is 2.67. The summed E-state index contributed by atoms with van der Waals surface area (Å²) in [6.07, 6.45) is 11.5. The minimum atomic E-state index is -0.0647. The van der Waals surface area contributed by atoms with Crippen LogP contribution < -0.4 is 0 Å². The van der Waals surface area contributed by atoms with Crippen LogP contribution in [0.15, 0.2) is 12.1 Å². The Kier molecular flexibility index (Phi) is 7.67. The summed E-state index contributed by atoms with van der Waals surface area (Å²) in [4.78, 5) is 0. The van der Waals surface area contributed by atoms with Gasteiger partial charge in [0.25, 0.3) is 0 Å². The largest absolute Gasteiger partial charge is 0.485 e. The van der Waals surface area contributed by atoms with Gasteiger partial charge in [0.15, 0.2) is 0 Å². The van der Waals surface area contributed by atoms with Crippen LogP contribution in [0.1, 0.15) is 51.9 Å². The van der Waals surface area contributed by atoms with Crippen molar-refractivity contribution in [1.82, 2.24) is 0 Å². The van der Waals surface area contributed by atoms with Crippen LogP contribution in [0.3, 0.4) is 0 Å². The van der Waals surface area contributed by atoms with E-state index >= 15 is 0 Å². The van der Waals surface area contributed by atoms with E-state index in [1.54, 1.807) is 0 Å². The van der Waals surface area contributed by atoms with Gasteiger partial charge in [0.2, 0.25) is 0 Å². The molecule has 0 atom stereocenters. The van der Waals surface area contributed by atoms with E-state index in [4.69, 9.17) is 9.31 Å². The summed E-state index contributed by atoms with van der Waals surface area (Å²) in [5.74, 6) is 2.04. The highest BCUT2D eigenvalue weighted by Crippen LogP contribution is 2.08. The molecule has 0 aromatic rings. The molecule has 1 aliphatic rings. The molecule has 1 fully saturated rings. The summed E-state index contributed by atoms with van der Waals surface area (Å²) in [7, 11) is -0.0647. The van der Waals surface area contributed by atoms with Gasteiger partial charge in [-0.05, 0) is 12.8 Å². The average Bonchev–Trinajstić information content (AvgIpc) is 2.75. The molecule has 1 saturated heterocycles. The zero-order chi connectivity index (χ0) is 10.8. The smallest absolute Gasteiger partial charge is 0.405 e. The monoisotopic (exact) mass is 210 g/mol. The fourth-order valence-corrected chi connectivity index (χ4v) is 1.74. The van der Waals surface area contributed by atoms with E-state index in [1.165, 1.54) is 38.5 Å². The first-order valence-electron chi connectivity index (χ1n) is 6.33. The van der Waals surface area contributed by atoms with Crippen LogP contribution in [-0.4, -0.2) is 20.3 Å². The van der Waals surface area contributed by atoms with E-state index in [1.807, 2.05) is 5.98 Å². The third kappa shape index (κ3) is 6.75. The van der Waals surface area contributed by atoms with E-state index < -0.39 is 0 Å². The van der Waals surface area contributed by atoms with Gasteiger partial charge >= 0.3 is 7.12 Å². The Labute approximate surface area is 94.2 Å². The Balaban J connectivity index is 1.83. The Bertz CT molecular complexity index is 165. The van der Waals surface area contributed by atoms with E-state index in [0.29, 0.717) is 0 Å². The van der Waals surface area contributed by atoms with Gasteiger partial charge in [-0.1, -0.05) is 51.1 Å². The second-order valence-electron chi connectivity index (χ2n) is 4.09. The standard InChI is InChI=1S/C12H23BO2/c1-2-3-4-5-6-7-8-9-10-13-14-11-12-15-13/h9-10H,2-8,11-12H2,1H3/b10-9-. The van der Waals surface area contributed by atoms with Crippen molar-refractivity contribution in [2.75, 3.05) is 13.2 Å². The molecule has 0 aliphatic carbocycles. The van der Waals surface area contributed by atoms with Crippen LogP contribution in [0.4, 0.5) is 0 Å². The van der Waals surface area contributed by atoms with Gasteiger partial charge in [-0.2, -0.15) is 0 Å². The molecule has 1 aliphatic heterocycles. The van der Waals surface area contributed by atoms with Crippen molar-refractivity contribution in [1.29, 1.82) is 0 Å². The van der Waals surface area contributed by atoms with Crippen molar-refractivity contribution in [3.05, 3.63) is 12.1 Å². The molecular weight excluding hydrogens is 187 g/mol. The topological polar surface area (TPSA) is 18.5 Å². The van der Waals surface area contributed by atoms with Crippen molar-refractivity contribution in [2.45, 2.75) is 51.9 Å². The summed E-state index contributed by atoms with van der Waals surface area (Å²) in [6.45, 7) is 3.74. The third-order valence-electron chi connectivity index (χ3n) is 2.67. The molecule has 15 heavy (non-hydrogen) atoms. The predicted molar refractivity (Wildman–Crippen MR) is 64.8 cm³/mol. The molecule has 1 rings (SSSR count). The van der Waals surface area contributed by atoms with E-state index in [2.05, 4.69) is 13.0 Å². The van der Waals surface area contributed by atoms with E-state index in [0.717, 1.165) is 19.6 Å². The zero-order valence-electron chi connectivity index (χ0n) is 9.91. The highest BCUT2D eigenvalue weighted by molar-refractivity contribution is 6.51. The molecule has 0 spiro atoms. The number of rotatable bonds is 8. The van der Waals surface area contributed by atoms with E-state index in [-0.39, 0.29) is 7.12 Å². The molecule has 2 nitrogen and oxygen atoms in total. The molecule has 0 radical (unpaired) electrons. The molecule has 0 saturated carbocycles. The quantitative estimate of drug-likeness (QED) is 0.451. The molecule has 0 N–H and O–H groups in total. The lowest BCUT2D eigenvalue weighted by Gasteiger charge is -1.98. The molecular formula is C12H23BO2. The highest BCUT2D eigenvalue weighted by Gasteiger charge is 2.18. The fraction of sp³-hybridized carbons (Fsp3) is 0.833. The minimum absolute atomic E-state index is 0.0647. The maximum atomic E-state index is 5.30. The van der Waals surface area contributed by atoms with Crippen LogP contribution in [0, 0.1) is 0 Å². The van der Waals surface area contributed by atoms with Crippen LogP contribution in [0.25, 0.3) is 0 Å².